The Balaban J connectivity index is 1.17. The highest BCUT2D eigenvalue weighted by molar-refractivity contribution is 7.92. The Morgan fingerprint density at radius 2 is 1.75 bits per heavy atom. The lowest BCUT2D eigenvalue weighted by atomic mass is 10.0. The number of halogens is 7. The molecule has 2 N–H and O–H groups in total. The molecule has 3 atom stereocenters. The first kappa shape index (κ1) is 41.7. The van der Waals surface area contributed by atoms with Gasteiger partial charge in [0.25, 0.3) is 17.9 Å². The van der Waals surface area contributed by atoms with Gasteiger partial charge in [-0.1, -0.05) is 23.7 Å². The molecule has 4 aromatic heterocycles. The van der Waals surface area contributed by atoms with Crippen molar-refractivity contribution in [3.05, 3.63) is 128 Å². The molecule has 4 heterocycles. The quantitative estimate of drug-likeness (QED) is 0.117. The van der Waals surface area contributed by atoms with Gasteiger partial charge in [0.05, 0.1) is 50.5 Å². The van der Waals surface area contributed by atoms with Crippen LogP contribution in [0, 0.1) is 17.6 Å². The number of benzene rings is 3. The molecule has 0 aliphatic heterocycles. The number of hydrogen-bond donors (Lipinski definition) is 2. The molecular weight excluding hydrogens is 888 g/mol. The molecule has 0 saturated heterocycles. The third-order valence-corrected chi connectivity index (χ3v) is 12.7. The van der Waals surface area contributed by atoms with E-state index in [-0.39, 0.29) is 61.7 Å². The van der Waals surface area contributed by atoms with Crippen LogP contribution in [0.15, 0.2) is 71.5 Å². The van der Waals surface area contributed by atoms with Crippen molar-refractivity contribution < 1.29 is 39.6 Å². The van der Waals surface area contributed by atoms with E-state index in [0.29, 0.717) is 27.9 Å². The molecule has 21 heteroatoms. The van der Waals surface area contributed by atoms with Gasteiger partial charge in [-0.15, -0.1) is 0 Å². The molecule has 1 amide bonds. The fourth-order valence-electron chi connectivity index (χ4n) is 8.96. The number of aryl methyl sites for hydroxylation is 1. The molecule has 3 aliphatic rings. The van der Waals surface area contributed by atoms with Crippen molar-refractivity contribution in [2.24, 2.45) is 13.0 Å². The van der Waals surface area contributed by atoms with Crippen molar-refractivity contribution in [3.63, 3.8) is 0 Å². The van der Waals surface area contributed by atoms with Crippen molar-refractivity contribution in [1.82, 2.24) is 39.4 Å². The summed E-state index contributed by atoms with van der Waals surface area (Å²) >= 11 is 6.65. The third kappa shape index (κ3) is 7.25. The van der Waals surface area contributed by atoms with Crippen LogP contribution in [0.25, 0.3) is 38.8 Å². The predicted octanol–water partition coefficient (Wildman–Crippen LogP) is 7.96. The maximum absolute atomic E-state index is 15.6. The second-order valence-corrected chi connectivity index (χ2v) is 18.6. The molecule has 7 aromatic rings. The summed E-state index contributed by atoms with van der Waals surface area (Å²) in [6.07, 6.45) is -0.744. The molecule has 3 aliphatic carbocycles. The Morgan fingerprint density at radius 1 is 1.00 bits per heavy atom. The van der Waals surface area contributed by atoms with Gasteiger partial charge in [-0.05, 0) is 79.3 Å². The summed E-state index contributed by atoms with van der Waals surface area (Å²) in [5.74, 6) is -8.64. The van der Waals surface area contributed by atoms with Crippen LogP contribution in [0.2, 0.25) is 5.02 Å². The number of hydrogen-bond acceptors (Lipinski definition) is 8. The number of sulfonamides is 1. The molecule has 2 saturated carbocycles. The molecule has 0 spiro atoms. The SMILES string of the molecule is Cn1nc(NS(C)(=O)=O)c2c(Cl)ccc(-n3c([C@H](Cc4cc(F)cc(F)c4)NC(=O)Cn4nc(C(F)F)c5c4C(F)(F)[C@@H]4C[C@H]54)nc4cc(-c5cccc(C6CC6)n5)ccc4c3=O)c21. The van der Waals surface area contributed by atoms with Gasteiger partial charge in [0.15, 0.2) is 5.82 Å². The first-order chi connectivity index (χ1) is 30.4. The fourth-order valence-corrected chi connectivity index (χ4v) is 9.69. The van der Waals surface area contributed by atoms with Gasteiger partial charge in [0.2, 0.25) is 15.9 Å². The van der Waals surface area contributed by atoms with Crippen molar-refractivity contribution >= 4 is 55.2 Å². The van der Waals surface area contributed by atoms with E-state index in [1.807, 2.05) is 12.1 Å². The van der Waals surface area contributed by atoms with Crippen LogP contribution in [-0.4, -0.2) is 54.7 Å². The van der Waals surface area contributed by atoms with E-state index < -0.39 is 87.7 Å². The van der Waals surface area contributed by atoms with Crippen LogP contribution >= 0.6 is 11.6 Å². The van der Waals surface area contributed by atoms with Crippen LogP contribution in [0.1, 0.15) is 77.6 Å². The predicted molar refractivity (Wildman–Crippen MR) is 223 cm³/mol. The minimum Gasteiger partial charge on any atom is -0.344 e. The highest BCUT2D eigenvalue weighted by Crippen LogP contribution is 2.68. The summed E-state index contributed by atoms with van der Waals surface area (Å²) < 4.78 is 119. The van der Waals surface area contributed by atoms with Gasteiger partial charge in [0, 0.05) is 48.2 Å². The summed E-state index contributed by atoms with van der Waals surface area (Å²) in [5, 5.41) is 11.0. The number of nitrogens with one attached hydrogen (secondary N) is 2. The molecule has 0 radical (unpaired) electrons. The molecule has 64 heavy (non-hydrogen) atoms. The molecular formula is C43H34ClF6N9O4S. The Bertz CT molecular complexity index is 3280. The normalized spacial score (nSPS) is 18.1. The summed E-state index contributed by atoms with van der Waals surface area (Å²) in [4.78, 5) is 39.1. The van der Waals surface area contributed by atoms with E-state index in [1.54, 1.807) is 18.2 Å². The molecule has 3 aromatic carbocycles. The number of fused-ring (bicyclic) bond motifs is 5. The number of amides is 1. The minimum absolute atomic E-state index is 0.000781. The van der Waals surface area contributed by atoms with Crippen LogP contribution in [0.5, 0.6) is 0 Å². The Morgan fingerprint density at radius 3 is 2.45 bits per heavy atom. The molecule has 0 bridgehead atoms. The maximum atomic E-state index is 15.6. The molecule has 10 rings (SSSR count). The highest BCUT2D eigenvalue weighted by atomic mass is 35.5. The molecule has 330 valence electrons. The lowest BCUT2D eigenvalue weighted by molar-refractivity contribution is -0.123. The maximum Gasteiger partial charge on any atom is 0.293 e. The number of pyridine rings is 1. The zero-order chi connectivity index (χ0) is 45.1. The van der Waals surface area contributed by atoms with Crippen molar-refractivity contribution in [3.8, 4) is 16.9 Å². The van der Waals surface area contributed by atoms with E-state index in [4.69, 9.17) is 21.6 Å². The van der Waals surface area contributed by atoms with Crippen molar-refractivity contribution in [1.29, 1.82) is 0 Å². The van der Waals surface area contributed by atoms with E-state index in [0.717, 1.165) is 41.5 Å². The Kier molecular flexibility index (Phi) is 9.71. The van der Waals surface area contributed by atoms with Crippen molar-refractivity contribution in [2.45, 2.75) is 62.5 Å². The van der Waals surface area contributed by atoms with E-state index in [2.05, 4.69) is 20.2 Å². The lowest BCUT2D eigenvalue weighted by Crippen LogP contribution is -2.38. The van der Waals surface area contributed by atoms with Gasteiger partial charge in [-0.25, -0.2) is 31.0 Å². The van der Waals surface area contributed by atoms with E-state index >= 15 is 13.6 Å². The number of carbonyl (C=O) groups is 1. The first-order valence-electron chi connectivity index (χ1n) is 20.0. The number of anilines is 1. The highest BCUT2D eigenvalue weighted by Gasteiger charge is 2.67. The third-order valence-electron chi connectivity index (χ3n) is 11.9. The monoisotopic (exact) mass is 921 g/mol. The summed E-state index contributed by atoms with van der Waals surface area (Å²) in [6, 6.07) is 14.4. The minimum atomic E-state index is -3.91. The smallest absolute Gasteiger partial charge is 0.293 e. The number of alkyl halides is 4. The average molecular weight is 922 g/mol. The zero-order valence-electron chi connectivity index (χ0n) is 33.6. The number of aromatic nitrogens is 7. The Hall–Kier alpha value is -6.28. The van der Waals surface area contributed by atoms with Gasteiger partial charge in [-0.3, -0.25) is 33.2 Å². The first-order valence-corrected chi connectivity index (χ1v) is 22.3. The van der Waals surface area contributed by atoms with E-state index in [1.165, 1.54) is 29.9 Å². The van der Waals surface area contributed by atoms with Gasteiger partial charge in [-0.2, -0.15) is 19.0 Å². The molecule has 0 unspecified atom stereocenters. The second-order valence-electron chi connectivity index (χ2n) is 16.5. The van der Waals surface area contributed by atoms with Gasteiger partial charge >= 0.3 is 0 Å². The lowest BCUT2D eigenvalue weighted by Gasteiger charge is -2.24. The topological polar surface area (TPSA) is 159 Å². The summed E-state index contributed by atoms with van der Waals surface area (Å²) in [7, 11) is -2.44. The van der Waals surface area contributed by atoms with Crippen LogP contribution in [0.3, 0.4) is 0 Å². The standard InChI is InChI=1S/C43H34ClF6N9O4S/c1-57-37-32(11-10-27(44)35(37)40(55-57)56-64(2,62)63)59-41(53-30-15-21(8-9-24(30)42(59)61)29-5-3-4-28(51-29)20-6-7-20)31(14-19-12-22(45)16-23(46)13-19)52-33(60)18-58-38-34(36(54-58)39(47)48)25-17-26(25)43(38,49)50/h3-5,8-13,15-16,20,25-26,31,39H,6-7,14,17-18H2,1-2H3,(H,52,60)(H,55,56)/t25-,26+,31-/m0/s1. The average Bonchev–Trinajstić information content (AvgIpc) is 4.14. The van der Waals surface area contributed by atoms with Crippen molar-refractivity contribution in [2.75, 3.05) is 11.0 Å². The van der Waals surface area contributed by atoms with Crippen LogP contribution in [-0.2, 0) is 40.8 Å². The fraction of sp³-hybridized carbons (Fsp3) is 0.302. The number of carbonyl (C=O) groups excluding carboxylic acids is 1. The largest absolute Gasteiger partial charge is 0.344 e. The van der Waals surface area contributed by atoms with Gasteiger partial charge < -0.3 is 5.32 Å². The zero-order valence-corrected chi connectivity index (χ0v) is 35.2. The molecule has 13 nitrogen and oxygen atoms in total. The summed E-state index contributed by atoms with van der Waals surface area (Å²) in [6.45, 7) is -0.976. The van der Waals surface area contributed by atoms with Crippen LogP contribution < -0.4 is 15.6 Å². The van der Waals surface area contributed by atoms with Crippen LogP contribution in [0.4, 0.5) is 32.2 Å². The van der Waals surface area contributed by atoms with Gasteiger partial charge in [0.1, 0.15) is 35.4 Å². The number of rotatable bonds is 12. The molecule has 2 fully saturated rings. The Labute approximate surface area is 364 Å². The summed E-state index contributed by atoms with van der Waals surface area (Å²) in [5.41, 5.74) is -0.322. The second kappa shape index (κ2) is 14.9. The number of nitrogens with zero attached hydrogens (tertiary/aromatic N) is 7. The van der Waals surface area contributed by atoms with E-state index in [9.17, 15) is 30.8 Å².